The fraction of sp³-hybridized carbons (Fsp3) is 0.667. The zero-order valence-corrected chi connectivity index (χ0v) is 21.8. The van der Waals surface area contributed by atoms with Gasteiger partial charge in [-0.05, 0) is 12.8 Å². The summed E-state index contributed by atoms with van der Waals surface area (Å²) in [7, 11) is 1.32. The molecule has 1 aromatic heterocycles. The number of esters is 2. The van der Waals surface area contributed by atoms with Crippen LogP contribution in [0.5, 0.6) is 11.5 Å². The van der Waals surface area contributed by atoms with Gasteiger partial charge in [-0.25, -0.2) is 9.78 Å². The Kier molecular flexibility index (Phi) is 11.6. The van der Waals surface area contributed by atoms with Crippen molar-refractivity contribution in [2.75, 3.05) is 33.7 Å². The predicted octanol–water partition coefficient (Wildman–Crippen LogP) is 2.66. The maximum atomic E-state index is 13.3. The minimum Gasteiger partial charge on any atom is -0.493 e. The lowest BCUT2D eigenvalue weighted by Gasteiger charge is -2.31. The van der Waals surface area contributed by atoms with Crippen molar-refractivity contribution in [1.29, 1.82) is 0 Å². The summed E-state index contributed by atoms with van der Waals surface area (Å²) in [5, 5.41) is 2.41. The van der Waals surface area contributed by atoms with Crippen LogP contribution in [0.3, 0.4) is 0 Å². The van der Waals surface area contributed by atoms with Gasteiger partial charge in [0.2, 0.25) is 6.79 Å². The van der Waals surface area contributed by atoms with Crippen molar-refractivity contribution < 1.29 is 56.0 Å². The smallest absolute Gasteiger partial charge is 0.389 e. The van der Waals surface area contributed by atoms with E-state index in [1.165, 1.54) is 33.2 Å². The number of methoxy groups -OCH3 is 1. The molecule has 1 aliphatic rings. The Balaban J connectivity index is 2.24. The number of nitrogens with zero attached hydrogens (tertiary/aromatic N) is 1. The number of hydrogen-bond acceptors (Lipinski definition) is 10. The van der Waals surface area contributed by atoms with Crippen LogP contribution < -0.4 is 14.8 Å². The number of pyridine rings is 1. The van der Waals surface area contributed by atoms with E-state index in [2.05, 4.69) is 10.3 Å². The SMILES string of the molecule is COc1ccnc(C(=O)N[C@H]2COC[C@H](CC(F)(F)F)[C@@H](OCC(C)C)[C@H](C)OC2=O)c1OCOC(C)=O. The average molecular weight is 551 g/mol. The van der Waals surface area contributed by atoms with E-state index in [-0.39, 0.29) is 36.3 Å². The molecule has 0 aromatic carbocycles. The number of hydrogen-bond donors (Lipinski definition) is 1. The molecule has 4 atom stereocenters. The second-order valence-corrected chi connectivity index (χ2v) is 9.07. The first kappa shape index (κ1) is 31.1. The summed E-state index contributed by atoms with van der Waals surface area (Å²) in [6.45, 7) is 5.04. The van der Waals surface area contributed by atoms with Crippen LogP contribution in [0, 0.1) is 11.8 Å². The Bertz CT molecular complexity index is 959. The molecule has 0 spiro atoms. The minimum absolute atomic E-state index is 0.0256. The van der Waals surface area contributed by atoms with E-state index in [4.69, 9.17) is 28.4 Å². The number of carbonyl (C=O) groups excluding carboxylic acids is 3. The second-order valence-electron chi connectivity index (χ2n) is 9.07. The molecule has 214 valence electrons. The summed E-state index contributed by atoms with van der Waals surface area (Å²) >= 11 is 0. The third-order valence-electron chi connectivity index (χ3n) is 5.32. The van der Waals surface area contributed by atoms with Crippen molar-refractivity contribution >= 4 is 17.8 Å². The Morgan fingerprint density at radius 3 is 2.58 bits per heavy atom. The van der Waals surface area contributed by atoms with Crippen LogP contribution in [0.4, 0.5) is 13.2 Å². The highest BCUT2D eigenvalue weighted by Crippen LogP contribution is 2.32. The molecular weight excluding hydrogens is 517 g/mol. The third-order valence-corrected chi connectivity index (χ3v) is 5.32. The summed E-state index contributed by atoms with van der Waals surface area (Å²) < 4.78 is 71.7. The molecule has 0 aliphatic carbocycles. The normalized spacial score (nSPS) is 22.5. The van der Waals surface area contributed by atoms with Crippen LogP contribution in [-0.4, -0.2) is 81.0 Å². The molecule has 0 saturated carbocycles. The number of cyclic esters (lactones) is 1. The lowest BCUT2D eigenvalue weighted by Crippen LogP contribution is -2.46. The van der Waals surface area contributed by atoms with E-state index in [9.17, 15) is 27.6 Å². The topological polar surface area (TPSA) is 132 Å². The molecule has 1 aromatic rings. The van der Waals surface area contributed by atoms with Gasteiger partial charge in [-0.1, -0.05) is 13.8 Å². The zero-order chi connectivity index (χ0) is 28.5. The number of rotatable bonds is 10. The van der Waals surface area contributed by atoms with Crippen LogP contribution >= 0.6 is 0 Å². The van der Waals surface area contributed by atoms with Crippen molar-refractivity contribution in [3.63, 3.8) is 0 Å². The van der Waals surface area contributed by atoms with Gasteiger partial charge >= 0.3 is 18.1 Å². The first-order valence-electron chi connectivity index (χ1n) is 11.9. The molecule has 0 bridgehead atoms. The van der Waals surface area contributed by atoms with Gasteiger partial charge in [-0.3, -0.25) is 9.59 Å². The van der Waals surface area contributed by atoms with Crippen molar-refractivity contribution in [3.8, 4) is 11.5 Å². The number of nitrogens with one attached hydrogen (secondary N) is 1. The minimum atomic E-state index is -4.50. The largest absolute Gasteiger partial charge is 0.493 e. The Morgan fingerprint density at radius 2 is 1.97 bits per heavy atom. The van der Waals surface area contributed by atoms with E-state index < -0.39 is 68.0 Å². The van der Waals surface area contributed by atoms with Gasteiger partial charge in [-0.15, -0.1) is 0 Å². The molecule has 1 amide bonds. The summed E-state index contributed by atoms with van der Waals surface area (Å²) in [5.41, 5.74) is -0.301. The van der Waals surface area contributed by atoms with Crippen molar-refractivity contribution in [2.45, 2.75) is 58.5 Å². The summed E-state index contributed by atoms with van der Waals surface area (Å²) in [4.78, 5) is 41.0. The molecule has 0 unspecified atom stereocenters. The number of ether oxygens (including phenoxy) is 6. The highest BCUT2D eigenvalue weighted by Gasteiger charge is 2.41. The number of halogens is 3. The molecule has 1 saturated heterocycles. The lowest BCUT2D eigenvalue weighted by molar-refractivity contribution is -0.178. The number of carbonyl (C=O) groups is 3. The summed E-state index contributed by atoms with van der Waals surface area (Å²) in [5.74, 6) is -3.63. The first-order valence-corrected chi connectivity index (χ1v) is 11.9. The maximum absolute atomic E-state index is 13.3. The number of aromatic nitrogens is 1. The van der Waals surface area contributed by atoms with Gasteiger partial charge in [0.15, 0.2) is 23.2 Å². The van der Waals surface area contributed by atoms with Gasteiger partial charge < -0.3 is 33.7 Å². The summed E-state index contributed by atoms with van der Waals surface area (Å²) in [6.07, 6.45) is -6.60. The van der Waals surface area contributed by atoms with Crippen LogP contribution in [0.25, 0.3) is 0 Å². The van der Waals surface area contributed by atoms with Gasteiger partial charge in [0, 0.05) is 31.7 Å². The molecule has 1 N–H and O–H groups in total. The highest BCUT2D eigenvalue weighted by molar-refractivity contribution is 5.98. The molecule has 0 radical (unpaired) electrons. The third kappa shape index (κ3) is 9.63. The molecule has 2 rings (SSSR count). The van der Waals surface area contributed by atoms with Gasteiger partial charge in [0.05, 0.1) is 32.8 Å². The fourth-order valence-electron chi connectivity index (χ4n) is 3.65. The second kappa shape index (κ2) is 14.1. The lowest BCUT2D eigenvalue weighted by atomic mass is 9.95. The fourth-order valence-corrected chi connectivity index (χ4v) is 3.65. The molecule has 14 heteroatoms. The Labute approximate surface area is 218 Å². The van der Waals surface area contributed by atoms with E-state index in [1.54, 1.807) is 0 Å². The van der Waals surface area contributed by atoms with Gasteiger partial charge in [0.25, 0.3) is 5.91 Å². The van der Waals surface area contributed by atoms with Crippen LogP contribution in [-0.2, 0) is 28.5 Å². The standard InChI is InChI=1S/C24H33F3N2O9/c1-13(2)9-35-20-14(3)38-23(32)17(11-34-10-16(20)8-24(25,26)27)29-22(31)19-21(37-12-36-15(4)30)18(33-5)6-7-28-19/h6-7,13-14,16-17,20H,8-12H2,1-5H3,(H,29,31)/t14-,16-,17-,20-/m0/s1. The van der Waals surface area contributed by atoms with Crippen LogP contribution in [0.15, 0.2) is 12.3 Å². The number of amides is 1. The monoisotopic (exact) mass is 550 g/mol. The molecular formula is C24H33F3N2O9. The summed E-state index contributed by atoms with van der Waals surface area (Å²) in [6, 6.07) is 0.0199. The zero-order valence-electron chi connectivity index (χ0n) is 21.8. The van der Waals surface area contributed by atoms with Crippen molar-refractivity contribution in [1.82, 2.24) is 10.3 Å². The molecule has 2 heterocycles. The predicted molar refractivity (Wildman–Crippen MR) is 124 cm³/mol. The quantitative estimate of drug-likeness (QED) is 0.343. The molecule has 11 nitrogen and oxygen atoms in total. The van der Waals surface area contributed by atoms with E-state index >= 15 is 0 Å². The first-order chi connectivity index (χ1) is 17.8. The van der Waals surface area contributed by atoms with Gasteiger partial charge in [-0.2, -0.15) is 13.2 Å². The van der Waals surface area contributed by atoms with Crippen molar-refractivity contribution in [3.05, 3.63) is 18.0 Å². The average Bonchev–Trinajstić information content (AvgIpc) is 2.85. The van der Waals surface area contributed by atoms with Crippen LogP contribution in [0.1, 0.15) is 44.6 Å². The van der Waals surface area contributed by atoms with E-state index in [1.807, 2.05) is 13.8 Å². The van der Waals surface area contributed by atoms with Gasteiger partial charge in [0.1, 0.15) is 6.10 Å². The number of alkyl halides is 3. The highest BCUT2D eigenvalue weighted by atomic mass is 19.4. The molecule has 38 heavy (non-hydrogen) atoms. The molecule has 1 aliphatic heterocycles. The Morgan fingerprint density at radius 1 is 1.26 bits per heavy atom. The van der Waals surface area contributed by atoms with E-state index in [0.29, 0.717) is 0 Å². The Hall–Kier alpha value is -3.13. The molecule has 1 fully saturated rings. The van der Waals surface area contributed by atoms with E-state index in [0.717, 1.165) is 0 Å². The van der Waals surface area contributed by atoms with Crippen LogP contribution in [0.2, 0.25) is 0 Å². The van der Waals surface area contributed by atoms with Crippen molar-refractivity contribution in [2.24, 2.45) is 11.8 Å². The maximum Gasteiger partial charge on any atom is 0.389 e.